The molecular weight excluding hydrogens is 654 g/mol. The molecule has 1 aliphatic carbocycles. The van der Waals surface area contributed by atoms with Gasteiger partial charge in [-0.05, 0) is 96.9 Å². The molecule has 3 aromatic rings. The number of carboxylic acids is 1. The van der Waals surface area contributed by atoms with Crippen LogP contribution in [0.1, 0.15) is 123 Å². The number of benzene rings is 3. The minimum Gasteiger partial charge on any atom is -0.545 e. The highest BCUT2D eigenvalue weighted by molar-refractivity contribution is 6.01. The number of likely N-dealkylation sites (N-methyl/N-ethyl adjacent to an activating group) is 1. The largest absolute Gasteiger partial charge is 0.545 e. The molecule has 3 aromatic carbocycles. The third-order valence-corrected chi connectivity index (χ3v) is 11.6. The number of amides is 2. The van der Waals surface area contributed by atoms with Crippen molar-refractivity contribution in [3.63, 3.8) is 0 Å². The molecule has 0 bridgehead atoms. The quantitative estimate of drug-likeness (QED) is 0.187. The third-order valence-electron chi connectivity index (χ3n) is 11.6. The molecule has 7 rings (SSSR count). The lowest BCUT2D eigenvalue weighted by Crippen LogP contribution is -2.44. The van der Waals surface area contributed by atoms with Gasteiger partial charge in [0.1, 0.15) is 13.1 Å². The van der Waals surface area contributed by atoms with Gasteiger partial charge in [0.05, 0.1) is 11.5 Å². The number of hydrogen-bond acceptors (Lipinski definition) is 7. The Bertz CT molecular complexity index is 2200. The summed E-state index contributed by atoms with van der Waals surface area (Å²) in [5.41, 5.74) is 9.34. The zero-order valence-corrected chi connectivity index (χ0v) is 31.1. The molecule has 9 nitrogen and oxygen atoms in total. The van der Waals surface area contributed by atoms with Crippen molar-refractivity contribution in [2.75, 3.05) is 25.0 Å². The van der Waals surface area contributed by atoms with E-state index >= 15 is 0 Å². The second kappa shape index (κ2) is 13.2. The molecule has 0 spiro atoms. The highest BCUT2D eigenvalue weighted by Gasteiger charge is 2.39. The topological polar surface area (TPSA) is 110 Å². The fourth-order valence-electron chi connectivity index (χ4n) is 8.60. The Morgan fingerprint density at radius 2 is 1.62 bits per heavy atom. The lowest BCUT2D eigenvalue weighted by Gasteiger charge is -2.43. The molecule has 9 heteroatoms. The number of imide groups is 1. The number of anilines is 1. The highest BCUT2D eigenvalue weighted by atomic mass is 16.7. The monoisotopic (exact) mass is 701 g/mol. The van der Waals surface area contributed by atoms with Crippen molar-refractivity contribution in [2.45, 2.75) is 96.9 Å². The molecule has 0 aromatic heterocycles. The van der Waals surface area contributed by atoms with Crippen LogP contribution in [0.15, 0.2) is 54.6 Å². The smallest absolute Gasteiger partial charge is 0.333 e. The van der Waals surface area contributed by atoms with Crippen LogP contribution in [0.3, 0.4) is 0 Å². The zero-order chi connectivity index (χ0) is 37.1. The van der Waals surface area contributed by atoms with Gasteiger partial charge < -0.3 is 19.6 Å². The normalized spacial score (nSPS) is 18.4. The van der Waals surface area contributed by atoms with Gasteiger partial charge >= 0.3 is 5.97 Å². The van der Waals surface area contributed by atoms with E-state index in [1.54, 1.807) is 12.1 Å². The van der Waals surface area contributed by atoms with E-state index in [1.165, 1.54) is 16.5 Å². The van der Waals surface area contributed by atoms with Crippen LogP contribution in [0.2, 0.25) is 0 Å². The van der Waals surface area contributed by atoms with Gasteiger partial charge in [-0.2, -0.15) is 0 Å². The number of carboxylic acid groups (broad SMARTS) is 1. The Balaban J connectivity index is 1.29. The van der Waals surface area contributed by atoms with Crippen LogP contribution in [-0.2, 0) is 31.1 Å². The molecule has 2 amide bonds. The van der Waals surface area contributed by atoms with Crippen LogP contribution in [0, 0.1) is 0 Å². The first-order valence-electron chi connectivity index (χ1n) is 18.5. The third kappa shape index (κ3) is 6.03. The molecule has 0 radical (unpaired) electrons. The fourth-order valence-corrected chi connectivity index (χ4v) is 8.60. The van der Waals surface area contributed by atoms with Crippen molar-refractivity contribution in [1.29, 1.82) is 0 Å². The zero-order valence-electron chi connectivity index (χ0n) is 31.1. The summed E-state index contributed by atoms with van der Waals surface area (Å²) in [5.74, 6) is -2.68. The number of hydroxylamine groups is 2. The van der Waals surface area contributed by atoms with E-state index in [2.05, 4.69) is 81.5 Å². The summed E-state index contributed by atoms with van der Waals surface area (Å²) in [6.45, 7) is 12.9. The number of allylic oxidation sites excluding steroid dienone is 1. The van der Waals surface area contributed by atoms with Gasteiger partial charge in [0.15, 0.2) is 0 Å². The van der Waals surface area contributed by atoms with Crippen LogP contribution in [0.5, 0.6) is 0 Å². The number of fused-ring (bicyclic) bond motifs is 4. The van der Waals surface area contributed by atoms with E-state index in [4.69, 9.17) is 4.84 Å². The van der Waals surface area contributed by atoms with Crippen molar-refractivity contribution in [2.24, 2.45) is 0 Å². The van der Waals surface area contributed by atoms with Crippen molar-refractivity contribution in [3.05, 3.63) is 104 Å². The van der Waals surface area contributed by atoms with Gasteiger partial charge in [-0.1, -0.05) is 44.2 Å². The second-order valence-corrected chi connectivity index (χ2v) is 15.8. The van der Waals surface area contributed by atoms with Crippen LogP contribution in [-0.4, -0.2) is 54.5 Å². The minimum atomic E-state index is -1.19. The Kier molecular flexibility index (Phi) is 8.96. The standard InChI is InChI=1S/C43H47N3O6/c1-26-25-42(2,3)44(6)36-24-34-32(22-30(26)36)40(28-14-9-10-15-29(28)41(50)51)31-21-27-13-12-20-45(35(27)23-33(31)43(34,4)5)19-11-7-8-16-39(49)52-46-37(47)17-18-38(46)48/h9-10,14-15,21-25H,7-8,11-13,16-20H2,1-6H3. The molecule has 0 N–H and O–H groups in total. The van der Waals surface area contributed by atoms with E-state index in [0.717, 1.165) is 77.5 Å². The average Bonchev–Trinajstić information content (AvgIpc) is 3.41. The second-order valence-electron chi connectivity index (χ2n) is 15.8. The SMILES string of the molecule is CC1=CC(C)(C)N(C)c2cc3c(cc21)C(c1ccccc1C(=O)[O-])=c1cc2c(cc1C3(C)C)=[N+](CCCCCC(=O)ON1C(=O)CCC1=O)CCC2. The summed E-state index contributed by atoms with van der Waals surface area (Å²) in [7, 11) is 2.14. The van der Waals surface area contributed by atoms with E-state index in [0.29, 0.717) is 17.0 Å². The van der Waals surface area contributed by atoms with E-state index in [-0.39, 0.29) is 30.4 Å². The Hall–Kier alpha value is -5.05. The number of aryl methyl sites for hydroxylation is 1. The summed E-state index contributed by atoms with van der Waals surface area (Å²) in [6.07, 6.45) is 6.80. The van der Waals surface area contributed by atoms with Gasteiger partial charge in [-0.15, -0.1) is 5.06 Å². The molecular formula is C43H47N3O6. The summed E-state index contributed by atoms with van der Waals surface area (Å²) >= 11 is 0. The minimum absolute atomic E-state index is 0.0811. The van der Waals surface area contributed by atoms with Crippen molar-refractivity contribution < 1.29 is 29.1 Å². The molecule has 52 heavy (non-hydrogen) atoms. The predicted octanol–water partition coefficient (Wildman–Crippen LogP) is 4.17. The van der Waals surface area contributed by atoms with Crippen LogP contribution in [0.4, 0.5) is 5.69 Å². The Morgan fingerprint density at radius 1 is 0.885 bits per heavy atom. The fraction of sp³-hybridized carbons (Fsp3) is 0.419. The number of nitrogens with zero attached hydrogens (tertiary/aromatic N) is 3. The molecule has 0 saturated carbocycles. The van der Waals surface area contributed by atoms with E-state index < -0.39 is 29.2 Å². The van der Waals surface area contributed by atoms with E-state index in [1.807, 2.05) is 12.1 Å². The Morgan fingerprint density at radius 3 is 2.35 bits per heavy atom. The predicted molar refractivity (Wildman–Crippen MR) is 198 cm³/mol. The maximum Gasteiger partial charge on any atom is 0.333 e. The first-order valence-corrected chi connectivity index (χ1v) is 18.5. The lowest BCUT2D eigenvalue weighted by molar-refractivity contribution is -0.255. The molecule has 3 heterocycles. The lowest BCUT2D eigenvalue weighted by atomic mass is 9.67. The summed E-state index contributed by atoms with van der Waals surface area (Å²) < 4.78 is 2.44. The number of carbonyl (C=O) groups excluding carboxylic acids is 4. The number of hydrogen-bond donors (Lipinski definition) is 0. The van der Waals surface area contributed by atoms with Crippen molar-refractivity contribution >= 4 is 40.6 Å². The van der Waals surface area contributed by atoms with Gasteiger partial charge in [0.2, 0.25) is 5.36 Å². The maximum atomic E-state index is 12.6. The van der Waals surface area contributed by atoms with Crippen molar-refractivity contribution in [1.82, 2.24) is 9.64 Å². The summed E-state index contributed by atoms with van der Waals surface area (Å²) in [6, 6.07) is 16.4. The maximum absolute atomic E-state index is 12.6. The first-order chi connectivity index (χ1) is 24.7. The summed E-state index contributed by atoms with van der Waals surface area (Å²) in [5, 5.41) is 15.5. The van der Waals surface area contributed by atoms with Crippen molar-refractivity contribution in [3.8, 4) is 0 Å². The molecule has 1 fully saturated rings. The molecule has 270 valence electrons. The first kappa shape index (κ1) is 35.4. The molecule has 4 aliphatic rings. The number of aromatic carboxylic acids is 1. The highest BCUT2D eigenvalue weighted by Crippen LogP contribution is 2.47. The van der Waals surface area contributed by atoms with Crippen LogP contribution >= 0.6 is 0 Å². The molecule has 0 atom stereocenters. The van der Waals surface area contributed by atoms with Gasteiger partial charge in [-0.25, -0.2) is 9.37 Å². The van der Waals surface area contributed by atoms with E-state index in [9.17, 15) is 24.3 Å². The summed E-state index contributed by atoms with van der Waals surface area (Å²) in [4.78, 5) is 55.8. The number of unbranched alkanes of at least 4 members (excludes halogenated alkanes) is 2. The van der Waals surface area contributed by atoms with Crippen LogP contribution < -0.4 is 25.2 Å². The number of carbonyl (C=O) groups is 4. The molecule has 1 saturated heterocycles. The van der Waals surface area contributed by atoms with Gasteiger partial charge in [0.25, 0.3) is 11.8 Å². The van der Waals surface area contributed by atoms with Crippen LogP contribution in [0.25, 0.3) is 11.1 Å². The average molecular weight is 702 g/mol. The molecule has 3 aliphatic heterocycles. The number of rotatable bonds is 9. The molecule has 0 unspecified atom stereocenters. The van der Waals surface area contributed by atoms with Gasteiger partial charge in [0, 0.05) is 73.0 Å². The Labute approximate surface area is 304 Å². The van der Waals surface area contributed by atoms with Gasteiger partial charge in [-0.3, -0.25) is 9.59 Å².